The Morgan fingerprint density at radius 2 is 1.79 bits per heavy atom. The van der Waals surface area contributed by atoms with Crippen molar-refractivity contribution in [1.82, 2.24) is 5.32 Å². The first-order chi connectivity index (χ1) is 11.2. The number of nitrogens with one attached hydrogen (secondary N) is 2. The summed E-state index contributed by atoms with van der Waals surface area (Å²) < 4.78 is 11.1. The summed E-state index contributed by atoms with van der Waals surface area (Å²) in [5.74, 6) is 1.43. The number of fused-ring (bicyclic) bond motifs is 1. The summed E-state index contributed by atoms with van der Waals surface area (Å²) in [5.41, 5.74) is 1.91. The van der Waals surface area contributed by atoms with Crippen LogP contribution < -0.4 is 20.1 Å². The highest BCUT2D eigenvalue weighted by molar-refractivity contribution is 5.85. The van der Waals surface area contributed by atoms with Crippen molar-refractivity contribution in [3.05, 3.63) is 54.1 Å². The molecule has 24 heavy (non-hydrogen) atoms. The van der Waals surface area contributed by atoms with Gasteiger partial charge in [-0.05, 0) is 36.8 Å². The number of carbonyl (C=O) groups excluding carboxylic acids is 1. The van der Waals surface area contributed by atoms with Gasteiger partial charge in [-0.15, -0.1) is 12.4 Å². The molecular weight excluding hydrogens is 328 g/mol. The molecule has 0 aliphatic carbocycles. The zero-order valence-corrected chi connectivity index (χ0v) is 14.3. The molecular formula is C18H21ClN2O3. The Kier molecular flexibility index (Phi) is 6.32. The van der Waals surface area contributed by atoms with Crippen molar-refractivity contribution >= 4 is 24.0 Å². The summed E-state index contributed by atoms with van der Waals surface area (Å²) in [6.07, 6.45) is 0. The zero-order valence-electron chi connectivity index (χ0n) is 13.5. The van der Waals surface area contributed by atoms with Crippen molar-refractivity contribution in [2.75, 3.05) is 25.1 Å². The van der Waals surface area contributed by atoms with Gasteiger partial charge < -0.3 is 20.1 Å². The Bertz CT molecular complexity index is 679. The van der Waals surface area contributed by atoms with Crippen LogP contribution in [-0.4, -0.2) is 25.7 Å². The lowest BCUT2D eigenvalue weighted by atomic mass is 10.1. The van der Waals surface area contributed by atoms with Gasteiger partial charge >= 0.3 is 0 Å². The Hall–Kier alpha value is -2.40. The summed E-state index contributed by atoms with van der Waals surface area (Å²) >= 11 is 0. The number of halogens is 1. The predicted molar refractivity (Wildman–Crippen MR) is 96.2 cm³/mol. The number of para-hydroxylation sites is 1. The molecule has 128 valence electrons. The van der Waals surface area contributed by atoms with Gasteiger partial charge in [-0.2, -0.15) is 0 Å². The molecule has 0 radical (unpaired) electrons. The molecule has 0 fully saturated rings. The highest BCUT2D eigenvalue weighted by atomic mass is 35.5. The average Bonchev–Trinajstić information content (AvgIpc) is 2.60. The second-order valence-electron chi connectivity index (χ2n) is 5.41. The van der Waals surface area contributed by atoms with Gasteiger partial charge in [-0.1, -0.05) is 24.3 Å². The fourth-order valence-corrected chi connectivity index (χ4v) is 2.44. The van der Waals surface area contributed by atoms with Crippen molar-refractivity contribution in [2.24, 2.45) is 0 Å². The monoisotopic (exact) mass is 348 g/mol. The Labute approximate surface area is 147 Å². The third-order valence-electron chi connectivity index (χ3n) is 3.67. The number of hydrogen-bond acceptors (Lipinski definition) is 4. The largest absolute Gasteiger partial charge is 0.486 e. The van der Waals surface area contributed by atoms with E-state index in [1.165, 1.54) is 0 Å². The molecule has 1 amide bonds. The smallest absolute Gasteiger partial charge is 0.239 e. The molecule has 0 bridgehead atoms. The summed E-state index contributed by atoms with van der Waals surface area (Å²) in [5, 5.41) is 6.07. The summed E-state index contributed by atoms with van der Waals surface area (Å²) in [4.78, 5) is 12.1. The molecule has 0 saturated heterocycles. The molecule has 6 heteroatoms. The van der Waals surface area contributed by atoms with Crippen LogP contribution in [0.2, 0.25) is 0 Å². The minimum absolute atomic E-state index is 0. The number of amides is 1. The minimum Gasteiger partial charge on any atom is -0.486 e. The SMILES string of the molecule is CC(NC(=O)CNc1ccccc1)c1ccc2c(c1)OCCO2.Cl. The van der Waals surface area contributed by atoms with Gasteiger partial charge in [0.1, 0.15) is 13.2 Å². The maximum absolute atomic E-state index is 12.1. The molecule has 1 heterocycles. The number of anilines is 1. The van der Waals surface area contributed by atoms with E-state index in [9.17, 15) is 4.79 Å². The van der Waals surface area contributed by atoms with Gasteiger partial charge in [0, 0.05) is 5.69 Å². The van der Waals surface area contributed by atoms with Gasteiger partial charge in [0.25, 0.3) is 0 Å². The fraction of sp³-hybridized carbons (Fsp3) is 0.278. The van der Waals surface area contributed by atoms with Crippen molar-refractivity contribution in [1.29, 1.82) is 0 Å². The lowest BCUT2D eigenvalue weighted by Gasteiger charge is -2.21. The normalized spacial score (nSPS) is 13.4. The molecule has 2 N–H and O–H groups in total. The molecule has 5 nitrogen and oxygen atoms in total. The van der Waals surface area contributed by atoms with E-state index in [0.29, 0.717) is 13.2 Å². The molecule has 1 aliphatic heterocycles. The van der Waals surface area contributed by atoms with Crippen molar-refractivity contribution in [3.8, 4) is 11.5 Å². The molecule has 2 aromatic rings. The van der Waals surface area contributed by atoms with E-state index in [0.717, 1.165) is 22.7 Å². The third kappa shape index (κ3) is 4.55. The Morgan fingerprint density at radius 3 is 2.54 bits per heavy atom. The van der Waals surface area contributed by atoms with E-state index >= 15 is 0 Å². The van der Waals surface area contributed by atoms with Crippen LogP contribution in [0.15, 0.2) is 48.5 Å². The second-order valence-corrected chi connectivity index (χ2v) is 5.41. The first-order valence-corrected chi connectivity index (χ1v) is 7.70. The van der Waals surface area contributed by atoms with Gasteiger partial charge in [0.05, 0.1) is 12.6 Å². The van der Waals surface area contributed by atoms with E-state index in [1.807, 2.05) is 55.5 Å². The van der Waals surface area contributed by atoms with Crippen LogP contribution in [-0.2, 0) is 4.79 Å². The van der Waals surface area contributed by atoms with Gasteiger partial charge in [-0.3, -0.25) is 4.79 Å². The number of benzene rings is 2. The molecule has 1 aliphatic rings. The van der Waals surface area contributed by atoms with Crippen molar-refractivity contribution in [2.45, 2.75) is 13.0 Å². The molecule has 2 aromatic carbocycles. The topological polar surface area (TPSA) is 59.6 Å². The molecule has 1 atom stereocenters. The van der Waals surface area contributed by atoms with Crippen LogP contribution in [0.4, 0.5) is 5.69 Å². The average molecular weight is 349 g/mol. The van der Waals surface area contributed by atoms with Gasteiger partial charge in [0.2, 0.25) is 5.91 Å². The Morgan fingerprint density at radius 1 is 1.08 bits per heavy atom. The molecule has 0 spiro atoms. The third-order valence-corrected chi connectivity index (χ3v) is 3.67. The lowest BCUT2D eigenvalue weighted by Crippen LogP contribution is -2.32. The van der Waals surface area contributed by atoms with Crippen LogP contribution in [0, 0.1) is 0 Å². The maximum Gasteiger partial charge on any atom is 0.239 e. The van der Waals surface area contributed by atoms with Crippen LogP contribution in [0.1, 0.15) is 18.5 Å². The van der Waals surface area contributed by atoms with Crippen LogP contribution in [0.3, 0.4) is 0 Å². The zero-order chi connectivity index (χ0) is 16.1. The lowest BCUT2D eigenvalue weighted by molar-refractivity contribution is -0.120. The molecule has 0 saturated carbocycles. The van der Waals surface area contributed by atoms with E-state index in [-0.39, 0.29) is 30.9 Å². The molecule has 3 rings (SSSR count). The van der Waals surface area contributed by atoms with E-state index < -0.39 is 0 Å². The summed E-state index contributed by atoms with van der Waals surface area (Å²) in [6, 6.07) is 15.3. The van der Waals surface area contributed by atoms with E-state index in [2.05, 4.69) is 10.6 Å². The maximum atomic E-state index is 12.1. The van der Waals surface area contributed by atoms with Crippen molar-refractivity contribution < 1.29 is 14.3 Å². The standard InChI is InChI=1S/C18H20N2O3.ClH/c1-13(14-7-8-16-17(11-14)23-10-9-22-16)20-18(21)12-19-15-5-3-2-4-6-15;/h2-8,11,13,19H,9-10,12H2,1H3,(H,20,21);1H. The fourth-order valence-electron chi connectivity index (χ4n) is 2.44. The highest BCUT2D eigenvalue weighted by Crippen LogP contribution is 2.32. The van der Waals surface area contributed by atoms with Crippen molar-refractivity contribution in [3.63, 3.8) is 0 Å². The molecule has 0 aromatic heterocycles. The number of ether oxygens (including phenoxy) is 2. The van der Waals surface area contributed by atoms with Gasteiger partial charge in [0.15, 0.2) is 11.5 Å². The van der Waals surface area contributed by atoms with E-state index in [1.54, 1.807) is 0 Å². The summed E-state index contributed by atoms with van der Waals surface area (Å²) in [7, 11) is 0. The first kappa shape index (κ1) is 17.9. The molecule has 1 unspecified atom stereocenters. The number of carbonyl (C=O) groups is 1. The quantitative estimate of drug-likeness (QED) is 0.871. The van der Waals surface area contributed by atoms with Gasteiger partial charge in [-0.25, -0.2) is 0 Å². The van der Waals surface area contributed by atoms with Crippen LogP contribution in [0.5, 0.6) is 11.5 Å². The highest BCUT2D eigenvalue weighted by Gasteiger charge is 2.15. The Balaban J connectivity index is 0.00000208. The number of hydrogen-bond donors (Lipinski definition) is 2. The first-order valence-electron chi connectivity index (χ1n) is 7.70. The predicted octanol–water partition coefficient (Wildman–Crippen LogP) is 3.17. The van der Waals surface area contributed by atoms with Crippen LogP contribution in [0.25, 0.3) is 0 Å². The van der Waals surface area contributed by atoms with Crippen LogP contribution >= 0.6 is 12.4 Å². The second kappa shape index (κ2) is 8.45. The minimum atomic E-state index is -0.101. The number of rotatable bonds is 5. The van der Waals surface area contributed by atoms with E-state index in [4.69, 9.17) is 9.47 Å². The summed E-state index contributed by atoms with van der Waals surface area (Å²) in [6.45, 7) is 3.31.